The standard InChI is InChI=1S/C17H17N3O4S2/c1-10(12-5-3-6-13(9-12)26(18,22)23)19-16(21)15-11(2)25-17(20-15)14-7-4-8-24-14/h3-10H,1-2H3,(H,19,21)(H2,18,22,23). The Labute approximate surface area is 154 Å². The lowest BCUT2D eigenvalue weighted by molar-refractivity contribution is 0.0935. The minimum atomic E-state index is -3.80. The van der Waals surface area contributed by atoms with Gasteiger partial charge < -0.3 is 9.73 Å². The Morgan fingerprint density at radius 3 is 2.73 bits per heavy atom. The van der Waals surface area contributed by atoms with E-state index >= 15 is 0 Å². The number of aryl methyl sites for hydroxylation is 1. The predicted molar refractivity (Wildman–Crippen MR) is 98.2 cm³/mol. The first-order chi connectivity index (χ1) is 12.3. The first-order valence-electron chi connectivity index (χ1n) is 7.70. The summed E-state index contributed by atoms with van der Waals surface area (Å²) in [6, 6.07) is 9.28. The van der Waals surface area contributed by atoms with Gasteiger partial charge in [-0.05, 0) is 43.7 Å². The summed E-state index contributed by atoms with van der Waals surface area (Å²) in [4.78, 5) is 17.7. The van der Waals surface area contributed by atoms with Crippen molar-refractivity contribution in [2.45, 2.75) is 24.8 Å². The number of amides is 1. The average molecular weight is 391 g/mol. The normalized spacial score (nSPS) is 12.7. The topological polar surface area (TPSA) is 115 Å². The van der Waals surface area contributed by atoms with Crippen molar-refractivity contribution in [1.29, 1.82) is 0 Å². The zero-order valence-electron chi connectivity index (χ0n) is 14.1. The molecule has 0 aliphatic rings. The van der Waals surface area contributed by atoms with E-state index in [4.69, 9.17) is 9.56 Å². The molecule has 3 aromatic rings. The molecule has 0 saturated carbocycles. The largest absolute Gasteiger partial charge is 0.462 e. The molecule has 26 heavy (non-hydrogen) atoms. The number of hydrogen-bond acceptors (Lipinski definition) is 6. The van der Waals surface area contributed by atoms with E-state index in [2.05, 4.69) is 10.3 Å². The van der Waals surface area contributed by atoms with E-state index in [0.29, 0.717) is 22.0 Å². The Morgan fingerprint density at radius 2 is 2.08 bits per heavy atom. The highest BCUT2D eigenvalue weighted by molar-refractivity contribution is 7.89. The van der Waals surface area contributed by atoms with E-state index < -0.39 is 16.1 Å². The smallest absolute Gasteiger partial charge is 0.271 e. The lowest BCUT2D eigenvalue weighted by atomic mass is 10.1. The molecule has 1 unspecified atom stereocenters. The molecule has 3 N–H and O–H groups in total. The number of thiazole rings is 1. The SMILES string of the molecule is Cc1sc(-c2ccco2)nc1C(=O)NC(C)c1cccc(S(N)(=O)=O)c1. The van der Waals surface area contributed by atoms with Gasteiger partial charge >= 0.3 is 0 Å². The summed E-state index contributed by atoms with van der Waals surface area (Å²) < 4.78 is 28.3. The number of rotatable bonds is 5. The maximum Gasteiger partial charge on any atom is 0.271 e. The molecule has 0 saturated heterocycles. The molecule has 0 aliphatic carbocycles. The summed E-state index contributed by atoms with van der Waals surface area (Å²) in [5.41, 5.74) is 0.944. The molecule has 0 radical (unpaired) electrons. The van der Waals surface area contributed by atoms with Crippen LogP contribution < -0.4 is 10.5 Å². The van der Waals surface area contributed by atoms with Crippen LogP contribution in [0.4, 0.5) is 0 Å². The van der Waals surface area contributed by atoms with Gasteiger partial charge in [0.15, 0.2) is 10.8 Å². The molecule has 0 spiro atoms. The molecule has 2 heterocycles. The van der Waals surface area contributed by atoms with Gasteiger partial charge in [-0.15, -0.1) is 11.3 Å². The van der Waals surface area contributed by atoms with E-state index in [0.717, 1.165) is 4.88 Å². The van der Waals surface area contributed by atoms with Gasteiger partial charge in [-0.1, -0.05) is 12.1 Å². The van der Waals surface area contributed by atoms with Crippen molar-refractivity contribution in [3.05, 3.63) is 58.8 Å². The molecule has 1 atom stereocenters. The van der Waals surface area contributed by atoms with E-state index in [1.807, 2.05) is 6.92 Å². The third kappa shape index (κ3) is 3.85. The molecular formula is C17H17N3O4S2. The van der Waals surface area contributed by atoms with Crippen molar-refractivity contribution >= 4 is 27.3 Å². The van der Waals surface area contributed by atoms with Gasteiger partial charge in [-0.2, -0.15) is 0 Å². The molecule has 7 nitrogen and oxygen atoms in total. The van der Waals surface area contributed by atoms with Crippen molar-refractivity contribution in [2.75, 3.05) is 0 Å². The minimum absolute atomic E-state index is 0.000966. The number of aromatic nitrogens is 1. The number of carbonyl (C=O) groups is 1. The number of carbonyl (C=O) groups excluding carboxylic acids is 1. The van der Waals surface area contributed by atoms with Crippen LogP contribution in [0.15, 0.2) is 52.0 Å². The molecule has 0 bridgehead atoms. The fourth-order valence-electron chi connectivity index (χ4n) is 2.42. The molecule has 9 heteroatoms. The average Bonchev–Trinajstić information content (AvgIpc) is 3.23. The number of nitrogens with one attached hydrogen (secondary N) is 1. The van der Waals surface area contributed by atoms with Crippen molar-refractivity contribution in [1.82, 2.24) is 10.3 Å². The second-order valence-corrected chi connectivity index (χ2v) is 8.48. The number of furan rings is 1. The van der Waals surface area contributed by atoms with Gasteiger partial charge in [-0.3, -0.25) is 4.79 Å². The highest BCUT2D eigenvalue weighted by Crippen LogP contribution is 2.28. The number of primary sulfonamides is 1. The first kappa shape index (κ1) is 18.3. The molecule has 1 amide bonds. The third-order valence-corrected chi connectivity index (χ3v) is 5.67. The Balaban J connectivity index is 1.80. The van der Waals surface area contributed by atoms with Crippen LogP contribution in [0, 0.1) is 6.92 Å². The number of benzene rings is 1. The van der Waals surface area contributed by atoms with Crippen LogP contribution in [0.1, 0.15) is 33.9 Å². The number of sulfonamides is 1. The summed E-state index contributed by atoms with van der Waals surface area (Å²) in [6.07, 6.45) is 1.55. The number of nitrogens with zero attached hydrogens (tertiary/aromatic N) is 1. The molecule has 2 aromatic heterocycles. The second kappa shape index (κ2) is 7.02. The number of nitrogens with two attached hydrogens (primary N) is 1. The Bertz CT molecular complexity index is 1040. The number of hydrogen-bond donors (Lipinski definition) is 2. The van der Waals surface area contributed by atoms with Gasteiger partial charge in [-0.25, -0.2) is 18.5 Å². The van der Waals surface area contributed by atoms with Gasteiger partial charge in [0.25, 0.3) is 5.91 Å². The van der Waals surface area contributed by atoms with Crippen LogP contribution in [-0.2, 0) is 10.0 Å². The second-order valence-electron chi connectivity index (χ2n) is 5.71. The fraction of sp³-hybridized carbons (Fsp3) is 0.176. The van der Waals surface area contributed by atoms with Crippen molar-refractivity contribution in [3.8, 4) is 10.8 Å². The van der Waals surface area contributed by atoms with Crippen LogP contribution in [0.25, 0.3) is 10.8 Å². The van der Waals surface area contributed by atoms with Crippen LogP contribution in [0.5, 0.6) is 0 Å². The van der Waals surface area contributed by atoms with Crippen molar-refractivity contribution < 1.29 is 17.6 Å². The molecule has 136 valence electrons. The summed E-state index contributed by atoms with van der Waals surface area (Å²) >= 11 is 1.37. The zero-order chi connectivity index (χ0) is 18.9. The summed E-state index contributed by atoms with van der Waals surface area (Å²) in [7, 11) is -3.80. The zero-order valence-corrected chi connectivity index (χ0v) is 15.7. The van der Waals surface area contributed by atoms with Gasteiger partial charge in [0.1, 0.15) is 5.69 Å². The van der Waals surface area contributed by atoms with Gasteiger partial charge in [0.05, 0.1) is 17.2 Å². The van der Waals surface area contributed by atoms with E-state index in [-0.39, 0.29) is 10.8 Å². The van der Waals surface area contributed by atoms with Crippen molar-refractivity contribution in [3.63, 3.8) is 0 Å². The highest BCUT2D eigenvalue weighted by atomic mass is 32.2. The predicted octanol–water partition coefficient (Wildman–Crippen LogP) is 2.85. The van der Waals surface area contributed by atoms with Crippen LogP contribution >= 0.6 is 11.3 Å². The monoisotopic (exact) mass is 391 g/mol. The molecule has 3 rings (SSSR count). The summed E-state index contributed by atoms with van der Waals surface area (Å²) in [6.45, 7) is 3.57. The summed E-state index contributed by atoms with van der Waals surface area (Å²) in [5, 5.41) is 8.61. The van der Waals surface area contributed by atoms with Gasteiger partial charge in [0.2, 0.25) is 10.0 Å². The first-order valence-corrected chi connectivity index (χ1v) is 10.1. The maximum atomic E-state index is 12.6. The van der Waals surface area contributed by atoms with E-state index in [1.54, 1.807) is 37.5 Å². The van der Waals surface area contributed by atoms with Crippen molar-refractivity contribution in [2.24, 2.45) is 5.14 Å². The molecule has 1 aromatic carbocycles. The lowest BCUT2D eigenvalue weighted by Gasteiger charge is -2.14. The Morgan fingerprint density at radius 1 is 1.31 bits per heavy atom. The third-order valence-electron chi connectivity index (χ3n) is 3.78. The highest BCUT2D eigenvalue weighted by Gasteiger charge is 2.20. The van der Waals surface area contributed by atoms with Gasteiger partial charge in [0, 0.05) is 4.88 Å². The Kier molecular flexibility index (Phi) is 4.94. The molecular weight excluding hydrogens is 374 g/mol. The summed E-state index contributed by atoms with van der Waals surface area (Å²) in [5.74, 6) is 0.260. The maximum absolute atomic E-state index is 12.6. The van der Waals surface area contributed by atoms with E-state index in [1.165, 1.54) is 23.5 Å². The molecule has 0 aliphatic heterocycles. The lowest BCUT2D eigenvalue weighted by Crippen LogP contribution is -2.27. The minimum Gasteiger partial charge on any atom is -0.462 e. The molecule has 0 fully saturated rings. The van der Waals surface area contributed by atoms with Crippen LogP contribution in [0.2, 0.25) is 0 Å². The van der Waals surface area contributed by atoms with Crippen LogP contribution in [0.3, 0.4) is 0 Å². The van der Waals surface area contributed by atoms with Crippen LogP contribution in [-0.4, -0.2) is 19.3 Å². The fourth-order valence-corrected chi connectivity index (χ4v) is 3.87. The quantitative estimate of drug-likeness (QED) is 0.694. The Hall–Kier alpha value is -2.49. The van der Waals surface area contributed by atoms with E-state index in [9.17, 15) is 13.2 Å².